The van der Waals surface area contributed by atoms with Crippen molar-refractivity contribution in [3.63, 3.8) is 0 Å². The lowest BCUT2D eigenvalue weighted by Crippen LogP contribution is -1.99. The van der Waals surface area contributed by atoms with E-state index in [1.54, 1.807) is 18.2 Å². The van der Waals surface area contributed by atoms with Crippen LogP contribution < -0.4 is 0 Å². The van der Waals surface area contributed by atoms with Gasteiger partial charge in [0.15, 0.2) is 0 Å². The Balaban J connectivity index is 3.37. The molecule has 78 valence electrons. The molecular weight excluding hydrogens is 246 g/mol. The Labute approximate surface area is 87.6 Å². The van der Waals surface area contributed by atoms with Crippen molar-refractivity contribution in [2.45, 2.75) is 4.90 Å². The van der Waals surface area contributed by atoms with Crippen LogP contribution in [0.3, 0.4) is 0 Å². The summed E-state index contributed by atoms with van der Waals surface area (Å²) in [7, 11) is -2.18. The summed E-state index contributed by atoms with van der Waals surface area (Å²) in [4.78, 5) is 0.337. The van der Waals surface area contributed by atoms with Gasteiger partial charge in [0.1, 0.15) is 0 Å². The van der Waals surface area contributed by atoms with Crippen LogP contribution >= 0.6 is 10.7 Å². The first-order chi connectivity index (χ1) is 6.31. The standard InChI is InChI=1S/C7H8ClNO3S2/c1-13(10,9-14(8,11)12)7-5-3-2-4-6-7/h2-6H,1H3/t13-/m0/s1. The molecule has 7 heteroatoms. The number of rotatable bonds is 2. The quantitative estimate of drug-likeness (QED) is 0.753. The molecule has 1 aromatic carbocycles. The Bertz CT molecular complexity index is 529. The second kappa shape index (κ2) is 3.88. The predicted molar refractivity (Wildman–Crippen MR) is 56.0 cm³/mol. The fourth-order valence-corrected chi connectivity index (χ4v) is 4.22. The van der Waals surface area contributed by atoms with Gasteiger partial charge >= 0.3 is 9.24 Å². The largest absolute Gasteiger partial charge is 0.347 e. The molecule has 1 rings (SSSR count). The van der Waals surface area contributed by atoms with E-state index in [9.17, 15) is 12.6 Å². The molecule has 0 bridgehead atoms. The first kappa shape index (κ1) is 11.5. The Morgan fingerprint density at radius 3 is 2.07 bits per heavy atom. The van der Waals surface area contributed by atoms with E-state index in [1.165, 1.54) is 18.4 Å². The van der Waals surface area contributed by atoms with E-state index in [-0.39, 0.29) is 0 Å². The van der Waals surface area contributed by atoms with Crippen LogP contribution in [0.2, 0.25) is 0 Å². The van der Waals surface area contributed by atoms with Gasteiger partial charge in [0.25, 0.3) is 0 Å². The van der Waals surface area contributed by atoms with E-state index >= 15 is 0 Å². The van der Waals surface area contributed by atoms with Gasteiger partial charge in [-0.3, -0.25) is 0 Å². The molecule has 0 aromatic heterocycles. The fraction of sp³-hybridized carbons (Fsp3) is 0.143. The summed E-state index contributed by atoms with van der Waals surface area (Å²) >= 11 is 0. The Hall–Kier alpha value is -0.590. The number of halogens is 1. The minimum atomic E-state index is -4.11. The molecule has 0 fully saturated rings. The van der Waals surface area contributed by atoms with Crippen LogP contribution in [-0.2, 0) is 19.0 Å². The zero-order valence-electron chi connectivity index (χ0n) is 7.25. The SMILES string of the molecule is C[S@@](=O)(=NS(=O)(=O)Cl)c1ccccc1. The van der Waals surface area contributed by atoms with Crippen molar-refractivity contribution < 1.29 is 12.6 Å². The van der Waals surface area contributed by atoms with Gasteiger partial charge in [0.2, 0.25) is 0 Å². The molecule has 0 aliphatic heterocycles. The van der Waals surface area contributed by atoms with Crippen LogP contribution in [0.25, 0.3) is 0 Å². The third-order valence-electron chi connectivity index (χ3n) is 1.41. The minimum absolute atomic E-state index is 0.337. The van der Waals surface area contributed by atoms with E-state index in [0.717, 1.165) is 0 Å². The highest BCUT2D eigenvalue weighted by molar-refractivity contribution is 8.17. The second-order valence-corrected chi connectivity index (χ2v) is 7.27. The second-order valence-electron chi connectivity index (χ2n) is 2.60. The van der Waals surface area contributed by atoms with Crippen molar-refractivity contribution in [3.8, 4) is 0 Å². The molecule has 0 aliphatic carbocycles. The van der Waals surface area contributed by atoms with Crippen LogP contribution in [-0.4, -0.2) is 18.9 Å². The lowest BCUT2D eigenvalue weighted by molar-refractivity contribution is 0.611. The van der Waals surface area contributed by atoms with Gasteiger partial charge in [0, 0.05) is 21.8 Å². The van der Waals surface area contributed by atoms with Gasteiger partial charge < -0.3 is 0 Å². The molecule has 0 heterocycles. The molecule has 1 atom stereocenters. The predicted octanol–water partition coefficient (Wildman–Crippen LogP) is 1.63. The van der Waals surface area contributed by atoms with Crippen molar-refractivity contribution in [2.75, 3.05) is 6.26 Å². The molecule has 0 spiro atoms. The zero-order chi connectivity index (χ0) is 10.8. The van der Waals surface area contributed by atoms with Crippen LogP contribution in [0.15, 0.2) is 39.0 Å². The molecule has 1 aromatic rings. The molecule has 0 amide bonds. The van der Waals surface area contributed by atoms with Crippen molar-refractivity contribution in [2.24, 2.45) is 3.77 Å². The van der Waals surface area contributed by atoms with E-state index in [4.69, 9.17) is 10.7 Å². The van der Waals surface area contributed by atoms with Gasteiger partial charge in [-0.1, -0.05) is 22.0 Å². The number of nitrogens with zero attached hydrogens (tertiary/aromatic N) is 1. The molecule has 4 nitrogen and oxygen atoms in total. The summed E-state index contributed by atoms with van der Waals surface area (Å²) in [5.41, 5.74) is 0. The van der Waals surface area contributed by atoms with Crippen LogP contribution in [0.1, 0.15) is 0 Å². The van der Waals surface area contributed by atoms with Gasteiger partial charge in [-0.15, -0.1) is 0 Å². The van der Waals surface area contributed by atoms with E-state index < -0.39 is 19.0 Å². The van der Waals surface area contributed by atoms with E-state index in [2.05, 4.69) is 3.77 Å². The van der Waals surface area contributed by atoms with E-state index in [0.29, 0.717) is 4.90 Å². The minimum Gasteiger partial charge on any atom is -0.244 e. The summed E-state index contributed by atoms with van der Waals surface area (Å²) in [6.07, 6.45) is 1.22. The molecule has 0 unspecified atom stereocenters. The smallest absolute Gasteiger partial charge is 0.244 e. The van der Waals surface area contributed by atoms with Crippen LogP contribution in [0, 0.1) is 0 Å². The van der Waals surface area contributed by atoms with Crippen molar-refractivity contribution in [1.82, 2.24) is 0 Å². The van der Waals surface area contributed by atoms with Gasteiger partial charge in [-0.2, -0.15) is 8.42 Å². The highest BCUT2D eigenvalue weighted by Gasteiger charge is 2.10. The fourth-order valence-electron chi connectivity index (χ4n) is 0.886. The van der Waals surface area contributed by atoms with Crippen molar-refractivity contribution in [1.29, 1.82) is 0 Å². The number of benzene rings is 1. The maximum atomic E-state index is 11.8. The average molecular weight is 254 g/mol. The highest BCUT2D eigenvalue weighted by atomic mass is 35.7. The maximum Gasteiger partial charge on any atom is 0.347 e. The summed E-state index contributed by atoms with van der Waals surface area (Å²) in [5, 5.41) is 0. The van der Waals surface area contributed by atoms with Crippen LogP contribution in [0.5, 0.6) is 0 Å². The van der Waals surface area contributed by atoms with Gasteiger partial charge in [0.05, 0.1) is 9.73 Å². The third-order valence-corrected chi connectivity index (χ3v) is 4.92. The van der Waals surface area contributed by atoms with Crippen LogP contribution in [0.4, 0.5) is 0 Å². The van der Waals surface area contributed by atoms with Crippen molar-refractivity contribution >= 4 is 29.6 Å². The zero-order valence-corrected chi connectivity index (χ0v) is 9.64. The Morgan fingerprint density at radius 2 is 1.64 bits per heavy atom. The topological polar surface area (TPSA) is 63.6 Å². The molecule has 0 saturated heterocycles. The number of hydrogen-bond donors (Lipinski definition) is 0. The maximum absolute atomic E-state index is 11.8. The average Bonchev–Trinajstić information content (AvgIpc) is 2.01. The molecule has 0 saturated carbocycles. The lowest BCUT2D eigenvalue weighted by Gasteiger charge is -2.01. The number of hydrogen-bond acceptors (Lipinski definition) is 3. The lowest BCUT2D eigenvalue weighted by atomic mass is 10.4. The molecular formula is C7H8ClNO3S2. The molecule has 0 aliphatic rings. The third kappa shape index (κ3) is 3.28. The summed E-state index contributed by atoms with van der Waals surface area (Å²) in [5.74, 6) is 0. The summed E-state index contributed by atoms with van der Waals surface area (Å²) < 4.78 is 36.1. The summed E-state index contributed by atoms with van der Waals surface area (Å²) in [6, 6.07) is 8.10. The molecule has 0 N–H and O–H groups in total. The van der Waals surface area contributed by atoms with Gasteiger partial charge in [-0.25, -0.2) is 4.21 Å². The molecule has 14 heavy (non-hydrogen) atoms. The Kier molecular flexibility index (Phi) is 3.18. The summed E-state index contributed by atoms with van der Waals surface area (Å²) in [6.45, 7) is 0. The highest BCUT2D eigenvalue weighted by Crippen LogP contribution is 2.13. The van der Waals surface area contributed by atoms with Gasteiger partial charge in [-0.05, 0) is 12.1 Å². The molecule has 0 radical (unpaired) electrons. The first-order valence-electron chi connectivity index (χ1n) is 3.54. The Morgan fingerprint density at radius 1 is 1.14 bits per heavy atom. The van der Waals surface area contributed by atoms with E-state index in [1.807, 2.05) is 0 Å². The monoisotopic (exact) mass is 253 g/mol. The van der Waals surface area contributed by atoms with Crippen molar-refractivity contribution in [3.05, 3.63) is 30.3 Å². The first-order valence-corrected chi connectivity index (χ1v) is 7.73. The normalized spacial score (nSPS) is 15.9.